The van der Waals surface area contributed by atoms with Gasteiger partial charge in [0.05, 0.1) is 10.8 Å². The van der Waals surface area contributed by atoms with E-state index in [-0.39, 0.29) is 11.3 Å². The van der Waals surface area contributed by atoms with Gasteiger partial charge in [-0.2, -0.15) is 0 Å². The Labute approximate surface area is 173 Å². The maximum absolute atomic E-state index is 12.6. The number of carbonyl (C=O) groups excluding carboxylic acids is 1. The summed E-state index contributed by atoms with van der Waals surface area (Å²) in [6.45, 7) is 12.9. The number of piperidine rings is 2. The maximum Gasteiger partial charge on any atom is 0.228 e. The lowest BCUT2D eigenvalue weighted by molar-refractivity contribution is -0.136. The fourth-order valence-corrected chi connectivity index (χ4v) is 5.34. The molecule has 0 saturated carbocycles. The lowest BCUT2D eigenvalue weighted by Crippen LogP contribution is -2.59. The second-order valence-corrected chi connectivity index (χ2v) is 15.6. The van der Waals surface area contributed by atoms with E-state index in [1.54, 1.807) is 6.33 Å². The number of carbonyl (C=O) groups is 1. The molecule has 1 amide bonds. The molecule has 0 bridgehead atoms. The van der Waals surface area contributed by atoms with Gasteiger partial charge in [0.2, 0.25) is 5.91 Å². The van der Waals surface area contributed by atoms with E-state index in [4.69, 9.17) is 4.74 Å². The summed E-state index contributed by atoms with van der Waals surface area (Å²) in [5, 5.41) is 4.09. The van der Waals surface area contributed by atoms with Crippen molar-refractivity contribution >= 4 is 30.8 Å². The molecule has 4 heterocycles. The number of amides is 1. The summed E-state index contributed by atoms with van der Waals surface area (Å²) < 4.78 is 7.97. The molecule has 0 aromatic carbocycles. The van der Waals surface area contributed by atoms with Crippen molar-refractivity contribution in [3.63, 3.8) is 0 Å². The zero-order chi connectivity index (χ0) is 20.6. The van der Waals surface area contributed by atoms with Crippen molar-refractivity contribution in [3.05, 3.63) is 18.6 Å². The monoisotopic (exact) mass is 415 g/mol. The van der Waals surface area contributed by atoms with Crippen LogP contribution in [0.15, 0.2) is 18.6 Å². The lowest BCUT2D eigenvalue weighted by atomic mass is 9.68. The Morgan fingerprint density at radius 1 is 1.31 bits per heavy atom. The first-order valence-electron chi connectivity index (χ1n) is 10.7. The highest BCUT2D eigenvalue weighted by Gasteiger charge is 2.47. The zero-order valence-corrected chi connectivity index (χ0v) is 19.1. The second kappa shape index (κ2) is 7.72. The van der Waals surface area contributed by atoms with Gasteiger partial charge in [0.25, 0.3) is 0 Å². The number of hydrogen-bond donors (Lipinski definition) is 1. The Hall–Kier alpha value is -1.93. The van der Waals surface area contributed by atoms with Gasteiger partial charge >= 0.3 is 0 Å². The second-order valence-electron chi connectivity index (χ2n) is 9.94. The number of ether oxygens (including phenoxy) is 1. The molecular formula is C21H33N5O2Si. The number of nitrogens with zero attached hydrogens (tertiary/aromatic N) is 4. The lowest BCUT2D eigenvalue weighted by Gasteiger charge is -2.48. The smallest absolute Gasteiger partial charge is 0.228 e. The summed E-state index contributed by atoms with van der Waals surface area (Å²) in [7, 11) is -1.09. The Balaban J connectivity index is 1.52. The molecule has 2 unspecified atom stereocenters. The van der Waals surface area contributed by atoms with E-state index in [0.717, 1.165) is 55.4 Å². The quantitative estimate of drug-likeness (QED) is 0.580. The highest BCUT2D eigenvalue weighted by Crippen LogP contribution is 2.41. The van der Waals surface area contributed by atoms with Crippen molar-refractivity contribution in [3.8, 4) is 0 Å². The highest BCUT2D eigenvalue weighted by molar-refractivity contribution is 6.76. The van der Waals surface area contributed by atoms with E-state index in [0.29, 0.717) is 19.2 Å². The molecule has 8 heteroatoms. The van der Waals surface area contributed by atoms with Crippen molar-refractivity contribution in [1.29, 1.82) is 0 Å². The average Bonchev–Trinajstić information content (AvgIpc) is 3.08. The highest BCUT2D eigenvalue weighted by atomic mass is 28.3. The van der Waals surface area contributed by atoms with Crippen LogP contribution >= 0.6 is 0 Å². The number of aromatic nitrogens is 3. The minimum Gasteiger partial charge on any atom is -0.361 e. The van der Waals surface area contributed by atoms with Crippen molar-refractivity contribution in [2.75, 3.05) is 31.1 Å². The molecule has 2 aliphatic rings. The molecule has 158 valence electrons. The molecule has 4 rings (SSSR count). The molecular weight excluding hydrogens is 382 g/mol. The number of hydrogen-bond acceptors (Lipinski definition) is 5. The van der Waals surface area contributed by atoms with Crippen LogP contribution in [0.4, 0.5) is 5.82 Å². The molecule has 0 aliphatic carbocycles. The van der Waals surface area contributed by atoms with Gasteiger partial charge in [-0.05, 0) is 37.8 Å². The average molecular weight is 416 g/mol. The van der Waals surface area contributed by atoms with E-state index in [1.165, 1.54) is 0 Å². The van der Waals surface area contributed by atoms with Crippen LogP contribution in [0.25, 0.3) is 11.0 Å². The Kier molecular flexibility index (Phi) is 5.41. The third kappa shape index (κ3) is 4.05. The van der Waals surface area contributed by atoms with Crippen LogP contribution in [0.5, 0.6) is 0 Å². The van der Waals surface area contributed by atoms with Crippen molar-refractivity contribution in [2.24, 2.45) is 11.3 Å². The number of anilines is 1. The SMILES string of the molecule is CC12CN(c3ncnc4c3ccn4COCC[Si](C)(C)C)CCC1CCNC2=O. The Bertz CT molecular complexity index is 893. The standard InChI is InChI=1S/C21H33N5O2Si/c1-21-13-25(9-6-16(21)5-8-22-20(21)27)18-17-7-10-26(19(17)24-14-23-18)15-28-11-12-29(2,3)4/h7,10,14,16H,5-6,8-9,11-13,15H2,1-4H3,(H,22,27). The molecule has 1 N–H and O–H groups in total. The Morgan fingerprint density at radius 2 is 2.14 bits per heavy atom. The first kappa shape index (κ1) is 20.3. The Morgan fingerprint density at radius 3 is 2.93 bits per heavy atom. The van der Waals surface area contributed by atoms with Crippen LogP contribution in [0.1, 0.15) is 19.8 Å². The van der Waals surface area contributed by atoms with E-state index in [1.807, 2.05) is 10.8 Å². The fourth-order valence-electron chi connectivity index (χ4n) is 4.59. The largest absolute Gasteiger partial charge is 0.361 e. The number of nitrogens with one attached hydrogen (secondary N) is 1. The molecule has 2 fully saturated rings. The molecule has 2 atom stereocenters. The van der Waals surface area contributed by atoms with Gasteiger partial charge in [0, 0.05) is 40.5 Å². The van der Waals surface area contributed by atoms with Gasteiger partial charge in [-0.25, -0.2) is 9.97 Å². The van der Waals surface area contributed by atoms with E-state index in [2.05, 4.69) is 52.8 Å². The van der Waals surface area contributed by atoms with E-state index in [9.17, 15) is 4.79 Å². The van der Waals surface area contributed by atoms with Crippen LogP contribution in [0, 0.1) is 11.3 Å². The third-order valence-corrected chi connectivity index (χ3v) is 8.23. The van der Waals surface area contributed by atoms with Crippen LogP contribution in [0.2, 0.25) is 25.7 Å². The molecule has 2 saturated heterocycles. The molecule has 7 nitrogen and oxygen atoms in total. The summed E-state index contributed by atoms with van der Waals surface area (Å²) in [5.74, 6) is 1.56. The maximum atomic E-state index is 12.6. The van der Waals surface area contributed by atoms with Gasteiger partial charge in [-0.1, -0.05) is 19.6 Å². The summed E-state index contributed by atoms with van der Waals surface area (Å²) in [6.07, 6.45) is 5.75. The van der Waals surface area contributed by atoms with Crippen LogP contribution < -0.4 is 10.2 Å². The topological polar surface area (TPSA) is 72.3 Å². The normalized spacial score (nSPS) is 25.2. The molecule has 2 aliphatic heterocycles. The predicted molar refractivity (Wildman–Crippen MR) is 118 cm³/mol. The minimum atomic E-state index is -1.09. The molecule has 0 radical (unpaired) electrons. The molecule has 29 heavy (non-hydrogen) atoms. The molecule has 2 aromatic heterocycles. The van der Waals surface area contributed by atoms with Crippen LogP contribution in [0.3, 0.4) is 0 Å². The van der Waals surface area contributed by atoms with E-state index >= 15 is 0 Å². The predicted octanol–water partition coefficient (Wildman–Crippen LogP) is 3.10. The summed E-state index contributed by atoms with van der Waals surface area (Å²) >= 11 is 0. The number of rotatable bonds is 6. The summed E-state index contributed by atoms with van der Waals surface area (Å²) in [4.78, 5) is 24.0. The van der Waals surface area contributed by atoms with Crippen molar-refractivity contribution in [2.45, 2.75) is 52.2 Å². The van der Waals surface area contributed by atoms with E-state index < -0.39 is 8.07 Å². The fraction of sp³-hybridized carbons (Fsp3) is 0.667. The van der Waals surface area contributed by atoms with Gasteiger partial charge in [-0.3, -0.25) is 4.79 Å². The van der Waals surface area contributed by atoms with Crippen molar-refractivity contribution in [1.82, 2.24) is 19.9 Å². The van der Waals surface area contributed by atoms with Gasteiger partial charge in [-0.15, -0.1) is 0 Å². The number of fused-ring (bicyclic) bond motifs is 2. The van der Waals surface area contributed by atoms with Gasteiger partial charge in [0.1, 0.15) is 24.5 Å². The summed E-state index contributed by atoms with van der Waals surface area (Å²) in [5.41, 5.74) is 0.541. The molecule has 0 spiro atoms. The first-order valence-corrected chi connectivity index (χ1v) is 14.4. The summed E-state index contributed by atoms with van der Waals surface area (Å²) in [6, 6.07) is 3.23. The van der Waals surface area contributed by atoms with Gasteiger partial charge in [0.15, 0.2) is 0 Å². The minimum absolute atomic E-state index is 0.178. The van der Waals surface area contributed by atoms with Gasteiger partial charge < -0.3 is 19.5 Å². The van der Waals surface area contributed by atoms with Crippen LogP contribution in [-0.2, 0) is 16.3 Å². The third-order valence-electron chi connectivity index (χ3n) is 6.53. The van der Waals surface area contributed by atoms with Crippen molar-refractivity contribution < 1.29 is 9.53 Å². The zero-order valence-electron chi connectivity index (χ0n) is 18.1. The first-order chi connectivity index (χ1) is 13.8. The van der Waals surface area contributed by atoms with Crippen LogP contribution in [-0.4, -0.2) is 54.8 Å². The molecule has 2 aromatic rings.